The van der Waals surface area contributed by atoms with E-state index in [2.05, 4.69) is 20.8 Å². The molecule has 5 heteroatoms. The quantitative estimate of drug-likeness (QED) is 0.812. The number of carbonyl (C=O) groups excluding carboxylic acids is 1. The lowest BCUT2D eigenvalue weighted by Gasteiger charge is -1.89. The van der Waals surface area contributed by atoms with Crippen LogP contribution in [0.15, 0.2) is 28.7 Å². The Hall–Kier alpha value is -0.910. The van der Waals surface area contributed by atoms with Gasteiger partial charge in [0.1, 0.15) is 4.88 Å². The van der Waals surface area contributed by atoms with E-state index in [1.165, 1.54) is 11.3 Å². The molecule has 1 aromatic carbocycles. The van der Waals surface area contributed by atoms with E-state index >= 15 is 0 Å². The average molecular weight is 272 g/mol. The van der Waals surface area contributed by atoms with Gasteiger partial charge in [-0.05, 0) is 23.6 Å². The number of thiophene rings is 1. The van der Waals surface area contributed by atoms with Gasteiger partial charge in [0.05, 0.1) is 0 Å². The summed E-state index contributed by atoms with van der Waals surface area (Å²) < 4.78 is 2.01. The van der Waals surface area contributed by atoms with Gasteiger partial charge in [0, 0.05) is 9.17 Å². The van der Waals surface area contributed by atoms with E-state index < -0.39 is 5.97 Å². The highest BCUT2D eigenvalue weighted by molar-refractivity contribution is 9.10. The molecule has 2 N–H and O–H groups in total. The van der Waals surface area contributed by atoms with Crippen LogP contribution in [0, 0.1) is 0 Å². The standard InChI is InChI=1S/C9H6BrNO2S/c10-6-2-1-5-3-8(9(12)13-11)14-7(5)4-6/h1-4H,11H2. The zero-order valence-electron chi connectivity index (χ0n) is 6.99. The highest BCUT2D eigenvalue weighted by atomic mass is 79.9. The van der Waals surface area contributed by atoms with Crippen LogP contribution in [0.3, 0.4) is 0 Å². The molecule has 0 aliphatic heterocycles. The van der Waals surface area contributed by atoms with Crippen LogP contribution in [0.5, 0.6) is 0 Å². The maximum Gasteiger partial charge on any atom is 0.366 e. The van der Waals surface area contributed by atoms with E-state index in [1.54, 1.807) is 6.07 Å². The van der Waals surface area contributed by atoms with Crippen LogP contribution in [0.2, 0.25) is 0 Å². The maximum absolute atomic E-state index is 11.1. The molecule has 72 valence electrons. The molecule has 0 radical (unpaired) electrons. The van der Waals surface area contributed by atoms with Crippen molar-refractivity contribution in [1.29, 1.82) is 0 Å². The Morgan fingerprint density at radius 1 is 1.43 bits per heavy atom. The second-order valence-electron chi connectivity index (χ2n) is 2.70. The second kappa shape index (κ2) is 3.68. The summed E-state index contributed by atoms with van der Waals surface area (Å²) in [5.41, 5.74) is 0. The predicted molar refractivity (Wildman–Crippen MR) is 59.1 cm³/mol. The monoisotopic (exact) mass is 271 g/mol. The molecule has 0 saturated carbocycles. The molecule has 2 rings (SSSR count). The minimum Gasteiger partial charge on any atom is -0.369 e. The van der Waals surface area contributed by atoms with E-state index in [9.17, 15) is 4.79 Å². The molecule has 3 nitrogen and oxygen atoms in total. The normalized spacial score (nSPS) is 10.4. The fraction of sp³-hybridized carbons (Fsp3) is 0. The van der Waals surface area contributed by atoms with Crippen LogP contribution >= 0.6 is 27.3 Å². The van der Waals surface area contributed by atoms with Crippen molar-refractivity contribution in [1.82, 2.24) is 0 Å². The van der Waals surface area contributed by atoms with Gasteiger partial charge >= 0.3 is 5.97 Å². The Balaban J connectivity index is 2.56. The minimum atomic E-state index is -0.498. The summed E-state index contributed by atoms with van der Waals surface area (Å²) in [5, 5.41) is 1.01. The summed E-state index contributed by atoms with van der Waals surface area (Å²) >= 11 is 4.72. The Kier molecular flexibility index (Phi) is 2.54. The summed E-state index contributed by atoms with van der Waals surface area (Å²) in [7, 11) is 0. The molecule has 0 saturated heterocycles. The Bertz CT molecular complexity index is 495. The molecule has 0 aliphatic carbocycles. The highest BCUT2D eigenvalue weighted by Gasteiger charge is 2.10. The molecule has 0 amide bonds. The third-order valence-corrected chi connectivity index (χ3v) is 3.36. The zero-order valence-corrected chi connectivity index (χ0v) is 9.39. The topological polar surface area (TPSA) is 52.3 Å². The van der Waals surface area contributed by atoms with Crippen molar-refractivity contribution >= 4 is 43.3 Å². The zero-order chi connectivity index (χ0) is 10.1. The van der Waals surface area contributed by atoms with Crippen LogP contribution in [-0.2, 0) is 4.84 Å². The number of nitrogens with two attached hydrogens (primary N) is 1. The van der Waals surface area contributed by atoms with Gasteiger partial charge in [0.25, 0.3) is 0 Å². The Morgan fingerprint density at radius 2 is 2.21 bits per heavy atom. The van der Waals surface area contributed by atoms with Crippen molar-refractivity contribution in [2.75, 3.05) is 0 Å². The van der Waals surface area contributed by atoms with E-state index in [0.29, 0.717) is 4.88 Å². The van der Waals surface area contributed by atoms with E-state index in [4.69, 9.17) is 5.90 Å². The number of carbonyl (C=O) groups is 1. The first kappa shape index (κ1) is 9.64. The van der Waals surface area contributed by atoms with Crippen LogP contribution in [0.25, 0.3) is 10.1 Å². The van der Waals surface area contributed by atoms with E-state index in [1.807, 2.05) is 18.2 Å². The van der Waals surface area contributed by atoms with Crippen molar-refractivity contribution < 1.29 is 9.63 Å². The molecule has 1 heterocycles. The van der Waals surface area contributed by atoms with Crippen molar-refractivity contribution in [3.63, 3.8) is 0 Å². The smallest absolute Gasteiger partial charge is 0.366 e. The number of fused-ring (bicyclic) bond motifs is 1. The molecular weight excluding hydrogens is 266 g/mol. The number of hydrogen-bond acceptors (Lipinski definition) is 4. The molecule has 0 unspecified atom stereocenters. The molecular formula is C9H6BrNO2S. The van der Waals surface area contributed by atoms with Gasteiger partial charge in [-0.25, -0.2) is 4.79 Å². The molecule has 1 aromatic heterocycles. The van der Waals surface area contributed by atoms with Crippen LogP contribution in [-0.4, -0.2) is 5.97 Å². The largest absolute Gasteiger partial charge is 0.369 e. The van der Waals surface area contributed by atoms with E-state index in [-0.39, 0.29) is 0 Å². The average Bonchev–Trinajstić information content (AvgIpc) is 2.59. The predicted octanol–water partition coefficient (Wildman–Crippen LogP) is 2.69. The van der Waals surface area contributed by atoms with Gasteiger partial charge < -0.3 is 4.84 Å². The minimum absolute atomic E-state index is 0.498. The first-order valence-corrected chi connectivity index (χ1v) is 5.42. The van der Waals surface area contributed by atoms with Gasteiger partial charge in [0.15, 0.2) is 0 Å². The lowest BCUT2D eigenvalue weighted by Crippen LogP contribution is -2.07. The van der Waals surface area contributed by atoms with Crippen molar-refractivity contribution in [3.8, 4) is 0 Å². The van der Waals surface area contributed by atoms with Crippen molar-refractivity contribution in [2.45, 2.75) is 0 Å². The van der Waals surface area contributed by atoms with Gasteiger partial charge in [0.2, 0.25) is 0 Å². The molecule has 0 spiro atoms. The summed E-state index contributed by atoms with van der Waals surface area (Å²) in [6.07, 6.45) is 0. The lowest BCUT2D eigenvalue weighted by molar-refractivity contribution is 0.0509. The van der Waals surface area contributed by atoms with Crippen LogP contribution in [0.4, 0.5) is 0 Å². The molecule has 0 bridgehead atoms. The Morgan fingerprint density at radius 3 is 2.93 bits per heavy atom. The molecule has 14 heavy (non-hydrogen) atoms. The van der Waals surface area contributed by atoms with Crippen molar-refractivity contribution in [3.05, 3.63) is 33.6 Å². The fourth-order valence-corrected chi connectivity index (χ4v) is 2.66. The summed E-state index contributed by atoms with van der Waals surface area (Å²) in [6, 6.07) is 7.57. The van der Waals surface area contributed by atoms with Crippen LogP contribution < -0.4 is 5.90 Å². The first-order valence-electron chi connectivity index (χ1n) is 3.81. The summed E-state index contributed by atoms with van der Waals surface area (Å²) in [6.45, 7) is 0. The summed E-state index contributed by atoms with van der Waals surface area (Å²) in [4.78, 5) is 15.8. The van der Waals surface area contributed by atoms with Gasteiger partial charge in [-0.15, -0.1) is 11.3 Å². The Labute approximate surface area is 92.6 Å². The number of hydrogen-bond donors (Lipinski definition) is 1. The lowest BCUT2D eigenvalue weighted by atomic mass is 10.2. The number of rotatable bonds is 1. The first-order chi connectivity index (χ1) is 6.70. The molecule has 0 atom stereocenters. The second-order valence-corrected chi connectivity index (χ2v) is 4.70. The number of benzene rings is 1. The van der Waals surface area contributed by atoms with Crippen LogP contribution in [0.1, 0.15) is 9.67 Å². The van der Waals surface area contributed by atoms with E-state index in [0.717, 1.165) is 14.6 Å². The van der Waals surface area contributed by atoms with Gasteiger partial charge in [-0.1, -0.05) is 22.0 Å². The third kappa shape index (κ3) is 1.66. The molecule has 0 aliphatic rings. The molecule has 2 aromatic rings. The summed E-state index contributed by atoms with van der Waals surface area (Å²) in [5.74, 6) is 4.31. The fourth-order valence-electron chi connectivity index (χ4n) is 1.16. The third-order valence-electron chi connectivity index (χ3n) is 1.79. The van der Waals surface area contributed by atoms with Gasteiger partial charge in [-0.2, -0.15) is 5.90 Å². The maximum atomic E-state index is 11.1. The SMILES string of the molecule is NOC(=O)c1cc2ccc(Br)cc2s1. The number of halogens is 1. The molecule has 0 fully saturated rings. The van der Waals surface area contributed by atoms with Gasteiger partial charge in [-0.3, -0.25) is 0 Å². The highest BCUT2D eigenvalue weighted by Crippen LogP contribution is 2.28. The van der Waals surface area contributed by atoms with Crippen molar-refractivity contribution in [2.24, 2.45) is 5.90 Å².